The van der Waals surface area contributed by atoms with E-state index in [0.29, 0.717) is 30.3 Å². The Morgan fingerprint density at radius 1 is 1.04 bits per heavy atom. The Kier molecular flexibility index (Phi) is 4.97. The van der Waals surface area contributed by atoms with Crippen LogP contribution >= 0.6 is 34.8 Å². The van der Waals surface area contributed by atoms with Gasteiger partial charge in [0, 0.05) is 14.8 Å². The number of carbonyl (C=O) groups is 1. The lowest BCUT2D eigenvalue weighted by Gasteiger charge is -2.18. The van der Waals surface area contributed by atoms with Gasteiger partial charge in [-0.2, -0.15) is 0 Å². The van der Waals surface area contributed by atoms with E-state index in [-0.39, 0.29) is 11.0 Å². The van der Waals surface area contributed by atoms with Crippen LogP contribution in [0.3, 0.4) is 0 Å². The lowest BCUT2D eigenvalue weighted by Crippen LogP contribution is -2.34. The van der Waals surface area contributed by atoms with Gasteiger partial charge in [0.1, 0.15) is 13.2 Å². The zero-order valence-electron chi connectivity index (χ0n) is 12.0. The Labute approximate surface area is 152 Å². The van der Waals surface area contributed by atoms with Gasteiger partial charge in [0.05, 0.1) is 0 Å². The molecule has 0 unspecified atom stereocenters. The van der Waals surface area contributed by atoms with Crippen molar-refractivity contribution in [2.45, 2.75) is 0 Å². The molecule has 0 fully saturated rings. The first-order valence-electron chi connectivity index (χ1n) is 6.89. The number of carbonyl (C=O) groups excluding carboxylic acids is 1. The third-order valence-electron chi connectivity index (χ3n) is 3.13. The minimum absolute atomic E-state index is 0.242. The number of ether oxygens (including phenoxy) is 2. The number of amides is 1. The van der Waals surface area contributed by atoms with Crippen LogP contribution in [0.1, 0.15) is 10.4 Å². The molecule has 0 bridgehead atoms. The Morgan fingerprint density at radius 2 is 1.74 bits per heavy atom. The fraction of sp³-hybridized carbons (Fsp3) is 0.125. The Morgan fingerprint density at radius 3 is 2.48 bits per heavy atom. The van der Waals surface area contributed by atoms with Crippen LogP contribution in [0.5, 0.6) is 11.5 Å². The summed E-state index contributed by atoms with van der Waals surface area (Å²) < 4.78 is 12.0. The molecule has 0 radical (unpaired) electrons. The molecule has 118 valence electrons. The Bertz CT molecular complexity index is 749. The van der Waals surface area contributed by atoms with E-state index in [1.165, 1.54) is 0 Å². The number of halogens is 1. The maximum absolute atomic E-state index is 12.2. The maximum Gasteiger partial charge on any atom is 0.257 e. The third kappa shape index (κ3) is 4.11. The van der Waals surface area contributed by atoms with Crippen LogP contribution in [0, 0.1) is 3.57 Å². The van der Waals surface area contributed by atoms with Crippen molar-refractivity contribution in [3.05, 3.63) is 51.6 Å². The van der Waals surface area contributed by atoms with E-state index in [4.69, 9.17) is 21.7 Å². The van der Waals surface area contributed by atoms with E-state index < -0.39 is 0 Å². The van der Waals surface area contributed by atoms with Crippen molar-refractivity contribution in [2.24, 2.45) is 0 Å². The lowest BCUT2D eigenvalue weighted by atomic mass is 10.2. The number of rotatable bonds is 2. The van der Waals surface area contributed by atoms with Crippen LogP contribution in [-0.2, 0) is 0 Å². The first-order valence-corrected chi connectivity index (χ1v) is 8.38. The van der Waals surface area contributed by atoms with Crippen molar-refractivity contribution in [3.8, 4) is 11.5 Å². The molecule has 0 aromatic heterocycles. The van der Waals surface area contributed by atoms with Gasteiger partial charge in [-0.25, -0.2) is 0 Å². The minimum Gasteiger partial charge on any atom is -0.486 e. The highest BCUT2D eigenvalue weighted by atomic mass is 127. The highest BCUT2D eigenvalue weighted by molar-refractivity contribution is 14.1. The van der Waals surface area contributed by atoms with Crippen LogP contribution in [0.25, 0.3) is 0 Å². The van der Waals surface area contributed by atoms with Crippen molar-refractivity contribution >= 4 is 51.5 Å². The number of nitrogens with one attached hydrogen (secondary N) is 2. The molecule has 3 rings (SSSR count). The van der Waals surface area contributed by atoms with Gasteiger partial charge < -0.3 is 14.8 Å². The maximum atomic E-state index is 12.2. The molecule has 2 aromatic rings. The summed E-state index contributed by atoms with van der Waals surface area (Å²) in [5.41, 5.74) is 1.28. The highest BCUT2D eigenvalue weighted by Gasteiger charge is 2.15. The van der Waals surface area contributed by atoms with E-state index in [1.54, 1.807) is 18.2 Å². The van der Waals surface area contributed by atoms with Crippen LogP contribution < -0.4 is 20.1 Å². The average molecular weight is 440 g/mol. The Balaban J connectivity index is 1.64. The van der Waals surface area contributed by atoms with Gasteiger partial charge in [-0.15, -0.1) is 0 Å². The highest BCUT2D eigenvalue weighted by Crippen LogP contribution is 2.30. The molecule has 1 aliphatic rings. The second kappa shape index (κ2) is 7.14. The second-order valence-electron chi connectivity index (χ2n) is 4.77. The first kappa shape index (κ1) is 16.0. The minimum atomic E-state index is -0.301. The largest absolute Gasteiger partial charge is 0.486 e. The number of hydrogen-bond acceptors (Lipinski definition) is 4. The number of benzene rings is 2. The molecule has 0 saturated heterocycles. The predicted octanol–water partition coefficient (Wildman–Crippen LogP) is 3.19. The summed E-state index contributed by atoms with van der Waals surface area (Å²) in [7, 11) is 0. The van der Waals surface area contributed by atoms with Gasteiger partial charge in [-0.3, -0.25) is 10.1 Å². The summed E-state index contributed by atoms with van der Waals surface area (Å²) in [4.78, 5) is 12.2. The average Bonchev–Trinajstić information content (AvgIpc) is 2.56. The summed E-state index contributed by atoms with van der Waals surface area (Å²) in [6.45, 7) is 0.993. The molecule has 0 atom stereocenters. The Hall–Kier alpha value is -1.87. The molecule has 1 amide bonds. The lowest BCUT2D eigenvalue weighted by molar-refractivity contribution is 0.0976. The molecular formula is C16H13IN2O3S. The van der Waals surface area contributed by atoms with Gasteiger partial charge in [0.15, 0.2) is 16.6 Å². The van der Waals surface area contributed by atoms with Crippen LogP contribution in [0.4, 0.5) is 5.69 Å². The molecule has 0 spiro atoms. The first-order chi connectivity index (χ1) is 11.1. The van der Waals surface area contributed by atoms with Gasteiger partial charge in [-0.1, -0.05) is 0 Å². The fourth-order valence-corrected chi connectivity index (χ4v) is 2.63. The van der Waals surface area contributed by atoms with Crippen molar-refractivity contribution in [1.82, 2.24) is 5.32 Å². The molecule has 1 aliphatic heterocycles. The van der Waals surface area contributed by atoms with Crippen molar-refractivity contribution in [2.75, 3.05) is 18.5 Å². The van der Waals surface area contributed by atoms with E-state index in [9.17, 15) is 4.79 Å². The van der Waals surface area contributed by atoms with E-state index in [2.05, 4.69) is 33.2 Å². The molecule has 5 nitrogen and oxygen atoms in total. The monoisotopic (exact) mass is 440 g/mol. The number of hydrogen-bond donors (Lipinski definition) is 2. The summed E-state index contributed by atoms with van der Waals surface area (Å²) in [6.07, 6.45) is 0. The second-order valence-corrected chi connectivity index (χ2v) is 6.43. The zero-order valence-corrected chi connectivity index (χ0v) is 14.9. The van der Waals surface area contributed by atoms with E-state index >= 15 is 0 Å². The summed E-state index contributed by atoms with van der Waals surface area (Å²) in [5.74, 6) is 0.915. The van der Waals surface area contributed by atoms with Crippen LogP contribution in [0.15, 0.2) is 42.5 Å². The molecule has 1 heterocycles. The number of thiocarbonyl (C=S) groups is 1. The standard InChI is InChI=1S/C16H13IN2O3S/c17-11-2-4-12(5-3-11)18-16(23)19-15(20)10-1-6-13-14(9-10)22-8-7-21-13/h1-6,9H,7-8H2,(H2,18,19,20,23). The van der Waals surface area contributed by atoms with Gasteiger partial charge in [-0.05, 0) is 77.3 Å². The smallest absolute Gasteiger partial charge is 0.257 e. The zero-order chi connectivity index (χ0) is 16.2. The van der Waals surface area contributed by atoms with E-state index in [1.807, 2.05) is 24.3 Å². The summed E-state index contributed by atoms with van der Waals surface area (Å²) in [6, 6.07) is 12.7. The quantitative estimate of drug-likeness (QED) is 0.555. The summed E-state index contributed by atoms with van der Waals surface area (Å²) >= 11 is 7.39. The van der Waals surface area contributed by atoms with Gasteiger partial charge >= 0.3 is 0 Å². The SMILES string of the molecule is O=C(NC(=S)Nc1ccc(I)cc1)c1ccc2c(c1)OCCO2. The predicted molar refractivity (Wildman–Crippen MR) is 100 cm³/mol. The molecule has 0 saturated carbocycles. The molecule has 2 aromatic carbocycles. The molecule has 7 heteroatoms. The van der Waals surface area contributed by atoms with E-state index in [0.717, 1.165) is 9.26 Å². The molecule has 2 N–H and O–H groups in total. The fourth-order valence-electron chi connectivity index (χ4n) is 2.06. The normalized spacial score (nSPS) is 12.4. The van der Waals surface area contributed by atoms with Crippen molar-refractivity contribution < 1.29 is 14.3 Å². The molecule has 23 heavy (non-hydrogen) atoms. The number of anilines is 1. The number of fused-ring (bicyclic) bond motifs is 1. The van der Waals surface area contributed by atoms with Crippen molar-refractivity contribution in [1.29, 1.82) is 0 Å². The van der Waals surface area contributed by atoms with Gasteiger partial charge in [0.2, 0.25) is 0 Å². The topological polar surface area (TPSA) is 59.6 Å². The van der Waals surface area contributed by atoms with Crippen LogP contribution in [-0.4, -0.2) is 24.2 Å². The third-order valence-corrected chi connectivity index (χ3v) is 4.06. The molecular weight excluding hydrogens is 427 g/mol. The van der Waals surface area contributed by atoms with Crippen LogP contribution in [0.2, 0.25) is 0 Å². The van der Waals surface area contributed by atoms with Gasteiger partial charge in [0.25, 0.3) is 5.91 Å². The van der Waals surface area contributed by atoms with Crippen molar-refractivity contribution in [3.63, 3.8) is 0 Å². The summed E-state index contributed by atoms with van der Waals surface area (Å²) in [5, 5.41) is 5.86. The molecule has 0 aliphatic carbocycles.